The van der Waals surface area contributed by atoms with Gasteiger partial charge in [-0.15, -0.1) is 0 Å². The van der Waals surface area contributed by atoms with Crippen molar-refractivity contribution in [2.24, 2.45) is 5.92 Å². The highest BCUT2D eigenvalue weighted by Crippen LogP contribution is 2.26. The molecule has 0 radical (unpaired) electrons. The van der Waals surface area contributed by atoms with Crippen molar-refractivity contribution in [3.8, 4) is 0 Å². The minimum atomic E-state index is -0.785. The summed E-state index contributed by atoms with van der Waals surface area (Å²) in [5.41, 5.74) is -0.374. The van der Waals surface area contributed by atoms with Crippen LogP contribution in [-0.2, 0) is 4.79 Å². The number of hydrogen-bond acceptors (Lipinski definition) is 3. The Morgan fingerprint density at radius 1 is 1.47 bits per heavy atom. The SMILES string of the molecule is C[C@@H]1C[C@H](O)CN(C(C)(C)CC(=O)O)C1. The van der Waals surface area contributed by atoms with Gasteiger partial charge in [0.15, 0.2) is 0 Å². The zero-order valence-corrected chi connectivity index (χ0v) is 9.73. The highest BCUT2D eigenvalue weighted by molar-refractivity contribution is 5.68. The number of nitrogens with zero attached hydrogens (tertiary/aromatic N) is 1. The molecule has 1 fully saturated rings. The van der Waals surface area contributed by atoms with E-state index in [1.165, 1.54) is 0 Å². The first-order chi connectivity index (χ1) is 6.81. The molecule has 0 aromatic heterocycles. The van der Waals surface area contributed by atoms with Gasteiger partial charge in [-0.1, -0.05) is 6.92 Å². The van der Waals surface area contributed by atoms with Crippen LogP contribution in [0, 0.1) is 5.92 Å². The summed E-state index contributed by atoms with van der Waals surface area (Å²) in [4.78, 5) is 12.8. The third-order valence-electron chi connectivity index (χ3n) is 3.08. The van der Waals surface area contributed by atoms with Crippen LogP contribution in [0.1, 0.15) is 33.6 Å². The van der Waals surface area contributed by atoms with Crippen LogP contribution in [0.3, 0.4) is 0 Å². The second-order valence-corrected chi connectivity index (χ2v) is 5.28. The quantitative estimate of drug-likeness (QED) is 0.735. The lowest BCUT2D eigenvalue weighted by atomic mass is 9.90. The number of aliphatic hydroxyl groups excluding tert-OH is 1. The lowest BCUT2D eigenvalue weighted by Crippen LogP contribution is -2.53. The van der Waals surface area contributed by atoms with Crippen molar-refractivity contribution in [2.45, 2.75) is 45.3 Å². The van der Waals surface area contributed by atoms with Crippen molar-refractivity contribution in [3.05, 3.63) is 0 Å². The Morgan fingerprint density at radius 2 is 2.07 bits per heavy atom. The molecule has 88 valence electrons. The van der Waals surface area contributed by atoms with Crippen molar-refractivity contribution in [3.63, 3.8) is 0 Å². The van der Waals surface area contributed by atoms with E-state index in [0.29, 0.717) is 12.5 Å². The van der Waals surface area contributed by atoms with E-state index >= 15 is 0 Å². The number of aliphatic hydroxyl groups is 1. The Labute approximate surface area is 90.9 Å². The number of carbonyl (C=O) groups is 1. The average Bonchev–Trinajstić information content (AvgIpc) is 1.99. The third kappa shape index (κ3) is 3.47. The Morgan fingerprint density at radius 3 is 2.53 bits per heavy atom. The molecule has 1 aliphatic rings. The maximum absolute atomic E-state index is 10.7. The number of hydrogen-bond donors (Lipinski definition) is 2. The molecule has 2 atom stereocenters. The molecule has 0 spiro atoms. The summed E-state index contributed by atoms with van der Waals surface area (Å²) in [5, 5.41) is 18.5. The third-order valence-corrected chi connectivity index (χ3v) is 3.08. The fraction of sp³-hybridized carbons (Fsp3) is 0.909. The van der Waals surface area contributed by atoms with Crippen LogP contribution in [-0.4, -0.2) is 45.8 Å². The van der Waals surface area contributed by atoms with E-state index in [9.17, 15) is 9.90 Å². The summed E-state index contributed by atoms with van der Waals surface area (Å²) in [5.74, 6) is -0.352. The number of β-amino-alcohol motifs (C(OH)–C–C–N with tert-alkyl or cyclic N) is 1. The van der Waals surface area contributed by atoms with Crippen LogP contribution >= 0.6 is 0 Å². The van der Waals surface area contributed by atoms with Crippen LogP contribution in [0.5, 0.6) is 0 Å². The molecular formula is C11H21NO3. The van der Waals surface area contributed by atoms with Gasteiger partial charge in [0.05, 0.1) is 12.5 Å². The molecule has 4 heteroatoms. The molecule has 0 aliphatic carbocycles. The van der Waals surface area contributed by atoms with Gasteiger partial charge in [0.25, 0.3) is 0 Å². The minimum absolute atomic E-state index is 0.117. The number of likely N-dealkylation sites (tertiary alicyclic amines) is 1. The van der Waals surface area contributed by atoms with Crippen LogP contribution in [0.25, 0.3) is 0 Å². The van der Waals surface area contributed by atoms with E-state index in [1.807, 2.05) is 13.8 Å². The Bertz CT molecular complexity index is 230. The van der Waals surface area contributed by atoms with Crippen LogP contribution in [0.15, 0.2) is 0 Å². The summed E-state index contributed by atoms with van der Waals surface area (Å²) < 4.78 is 0. The highest BCUT2D eigenvalue weighted by atomic mass is 16.4. The molecule has 1 aliphatic heterocycles. The van der Waals surface area contributed by atoms with Gasteiger partial charge < -0.3 is 10.2 Å². The summed E-state index contributed by atoms with van der Waals surface area (Å²) >= 11 is 0. The van der Waals surface area contributed by atoms with Crippen molar-refractivity contribution >= 4 is 5.97 Å². The summed E-state index contributed by atoms with van der Waals surface area (Å²) in [6, 6.07) is 0. The summed E-state index contributed by atoms with van der Waals surface area (Å²) in [6.07, 6.45) is 0.619. The van der Waals surface area contributed by atoms with Gasteiger partial charge in [-0.3, -0.25) is 9.69 Å². The molecule has 0 aromatic carbocycles. The zero-order chi connectivity index (χ0) is 11.6. The molecule has 1 saturated heterocycles. The van der Waals surface area contributed by atoms with E-state index < -0.39 is 5.97 Å². The lowest BCUT2D eigenvalue weighted by Gasteiger charge is -2.44. The van der Waals surface area contributed by atoms with E-state index in [4.69, 9.17) is 5.11 Å². The molecule has 0 saturated carbocycles. The molecule has 1 rings (SSSR count). The van der Waals surface area contributed by atoms with Gasteiger partial charge in [-0.2, -0.15) is 0 Å². The van der Waals surface area contributed by atoms with Crippen molar-refractivity contribution < 1.29 is 15.0 Å². The molecule has 15 heavy (non-hydrogen) atoms. The standard InChI is InChI=1S/C11H21NO3/c1-8-4-9(13)7-12(6-8)11(2,3)5-10(14)15/h8-9,13H,4-7H2,1-3H3,(H,14,15)/t8-,9+/m1/s1. The maximum atomic E-state index is 10.7. The van der Waals surface area contributed by atoms with Crippen LogP contribution in [0.2, 0.25) is 0 Å². The number of piperidine rings is 1. The monoisotopic (exact) mass is 215 g/mol. The first-order valence-corrected chi connectivity index (χ1v) is 5.46. The number of carboxylic acid groups (broad SMARTS) is 1. The summed E-state index contributed by atoms with van der Waals surface area (Å²) in [6.45, 7) is 7.39. The topological polar surface area (TPSA) is 60.8 Å². The molecule has 2 N–H and O–H groups in total. The predicted molar refractivity (Wildman–Crippen MR) is 57.7 cm³/mol. The Hall–Kier alpha value is -0.610. The van der Waals surface area contributed by atoms with Crippen LogP contribution < -0.4 is 0 Å². The van der Waals surface area contributed by atoms with Gasteiger partial charge in [0.1, 0.15) is 0 Å². The average molecular weight is 215 g/mol. The van der Waals surface area contributed by atoms with Gasteiger partial charge in [0.2, 0.25) is 0 Å². The number of carboxylic acids is 1. The predicted octanol–water partition coefficient (Wildman–Crippen LogP) is 0.942. The van der Waals surface area contributed by atoms with E-state index in [2.05, 4.69) is 11.8 Å². The normalized spacial score (nSPS) is 29.1. The second-order valence-electron chi connectivity index (χ2n) is 5.28. The number of aliphatic carboxylic acids is 1. The van der Waals surface area contributed by atoms with Crippen molar-refractivity contribution in [1.29, 1.82) is 0 Å². The Kier molecular flexibility index (Phi) is 3.73. The van der Waals surface area contributed by atoms with Gasteiger partial charge in [0, 0.05) is 18.6 Å². The van der Waals surface area contributed by atoms with Gasteiger partial charge in [-0.25, -0.2) is 0 Å². The molecule has 0 bridgehead atoms. The van der Waals surface area contributed by atoms with Crippen molar-refractivity contribution in [2.75, 3.05) is 13.1 Å². The molecule has 0 unspecified atom stereocenters. The maximum Gasteiger partial charge on any atom is 0.305 e. The molecule has 1 heterocycles. The van der Waals surface area contributed by atoms with Gasteiger partial charge in [-0.05, 0) is 26.2 Å². The Balaban J connectivity index is 2.64. The van der Waals surface area contributed by atoms with Gasteiger partial charge >= 0.3 is 5.97 Å². The largest absolute Gasteiger partial charge is 0.481 e. The first kappa shape index (κ1) is 12.5. The lowest BCUT2D eigenvalue weighted by molar-refractivity contribution is -0.140. The molecule has 4 nitrogen and oxygen atoms in total. The van der Waals surface area contributed by atoms with E-state index in [1.54, 1.807) is 0 Å². The fourth-order valence-corrected chi connectivity index (χ4v) is 2.29. The first-order valence-electron chi connectivity index (χ1n) is 5.46. The molecular weight excluding hydrogens is 194 g/mol. The minimum Gasteiger partial charge on any atom is -0.481 e. The van der Waals surface area contributed by atoms with Crippen molar-refractivity contribution in [1.82, 2.24) is 4.90 Å². The van der Waals surface area contributed by atoms with E-state index in [0.717, 1.165) is 13.0 Å². The second kappa shape index (κ2) is 4.49. The van der Waals surface area contributed by atoms with E-state index in [-0.39, 0.29) is 18.1 Å². The fourth-order valence-electron chi connectivity index (χ4n) is 2.29. The van der Waals surface area contributed by atoms with Crippen LogP contribution in [0.4, 0.5) is 0 Å². The number of rotatable bonds is 3. The smallest absolute Gasteiger partial charge is 0.305 e. The highest BCUT2D eigenvalue weighted by Gasteiger charge is 2.34. The summed E-state index contributed by atoms with van der Waals surface area (Å²) in [7, 11) is 0. The molecule has 0 aromatic rings. The molecule has 0 amide bonds. The zero-order valence-electron chi connectivity index (χ0n) is 9.73.